The number of carbonyl (C=O) groups is 1. The van der Waals surface area contributed by atoms with Gasteiger partial charge >= 0.3 is 5.97 Å². The summed E-state index contributed by atoms with van der Waals surface area (Å²) < 4.78 is 0.724. The van der Waals surface area contributed by atoms with Gasteiger partial charge in [-0.05, 0) is 37.0 Å². The topological polar surface area (TPSA) is 94.2 Å². The van der Waals surface area contributed by atoms with Gasteiger partial charge in [0, 0.05) is 45.4 Å². The van der Waals surface area contributed by atoms with Gasteiger partial charge in [-0.25, -0.2) is 4.79 Å². The van der Waals surface area contributed by atoms with Crippen molar-refractivity contribution in [1.29, 1.82) is 5.26 Å². The number of fused-ring (bicyclic) bond motifs is 1. The molecule has 0 spiro atoms. The molecule has 0 aliphatic heterocycles. The van der Waals surface area contributed by atoms with Gasteiger partial charge in [0.2, 0.25) is 0 Å². The monoisotopic (exact) mass is 372 g/mol. The number of aromatic nitrogens is 1. The van der Waals surface area contributed by atoms with Gasteiger partial charge in [0.25, 0.3) is 0 Å². The maximum absolute atomic E-state index is 11.4. The number of aromatic carboxylic acids is 1. The molecule has 7 heteroatoms. The van der Waals surface area contributed by atoms with E-state index in [1.165, 1.54) is 22.4 Å². The number of carboxylic acid groups (broad SMARTS) is 1. The first kappa shape index (κ1) is 17.5. The van der Waals surface area contributed by atoms with Crippen LogP contribution in [-0.2, 0) is 12.8 Å². The number of pyridine rings is 1. The zero-order valence-electron chi connectivity index (χ0n) is 13.4. The number of carboxylic acids is 1. The Morgan fingerprint density at radius 1 is 1.20 bits per heavy atom. The summed E-state index contributed by atoms with van der Waals surface area (Å²) in [4.78, 5) is 18.6. The van der Waals surface area contributed by atoms with Gasteiger partial charge in [0.1, 0.15) is 0 Å². The number of hydrogen-bond acceptors (Lipinski definition) is 6. The van der Waals surface area contributed by atoms with Crippen LogP contribution in [0, 0.1) is 11.3 Å². The molecule has 2 N–H and O–H groups in total. The van der Waals surface area contributed by atoms with Crippen LogP contribution >= 0.6 is 22.7 Å². The molecule has 3 rings (SSSR count). The van der Waals surface area contributed by atoms with E-state index in [1.807, 2.05) is 6.07 Å². The zero-order chi connectivity index (χ0) is 17.8. The van der Waals surface area contributed by atoms with E-state index >= 15 is 0 Å². The Morgan fingerprint density at radius 3 is 2.72 bits per heavy atom. The highest BCUT2D eigenvalue weighted by Gasteiger charge is 2.16. The van der Waals surface area contributed by atoms with E-state index in [9.17, 15) is 9.90 Å². The highest BCUT2D eigenvalue weighted by molar-refractivity contribution is 7.26. The van der Waals surface area contributed by atoms with Crippen molar-refractivity contribution >= 4 is 38.7 Å². The molecule has 128 valence electrons. The van der Waals surface area contributed by atoms with E-state index in [-0.39, 0.29) is 12.2 Å². The molecule has 0 unspecified atom stereocenters. The summed E-state index contributed by atoms with van der Waals surface area (Å²) in [6.45, 7) is 0.140. The van der Waals surface area contributed by atoms with Gasteiger partial charge in [-0.3, -0.25) is 4.98 Å². The third-order valence-electron chi connectivity index (χ3n) is 3.86. The third-order valence-corrected chi connectivity index (χ3v) is 6.48. The fraction of sp³-hybridized carbons (Fsp3) is 0.278. The van der Waals surface area contributed by atoms with Gasteiger partial charge in [0.05, 0.1) is 16.3 Å². The minimum Gasteiger partial charge on any atom is -0.478 e. The molecule has 0 saturated heterocycles. The Labute approximate surface area is 152 Å². The summed E-state index contributed by atoms with van der Waals surface area (Å²) in [5.74, 6) is -0.976. The van der Waals surface area contributed by atoms with Crippen LogP contribution < -0.4 is 0 Å². The standard InChI is InChI=1S/C18H16N2O3S2/c19-5-1-3-11-7-15(24-14(11)4-2-6-21)16-8-12-9-20-10-13(18(22)23)17(12)25-16/h7-10,21H,1-4,6H2,(H,22,23). The van der Waals surface area contributed by atoms with Crippen LogP contribution in [0.5, 0.6) is 0 Å². The molecular formula is C18H16N2O3S2. The fourth-order valence-electron chi connectivity index (χ4n) is 2.68. The molecule has 25 heavy (non-hydrogen) atoms. The van der Waals surface area contributed by atoms with Crippen LogP contribution in [0.1, 0.15) is 33.6 Å². The van der Waals surface area contributed by atoms with E-state index < -0.39 is 5.97 Å². The number of nitrogens with zero attached hydrogens (tertiary/aromatic N) is 2. The number of aliphatic hydroxyl groups excluding tert-OH is 1. The van der Waals surface area contributed by atoms with Crippen molar-refractivity contribution in [1.82, 2.24) is 4.98 Å². The fourth-order valence-corrected chi connectivity index (χ4v) is 5.14. The van der Waals surface area contributed by atoms with Gasteiger partial charge in [-0.1, -0.05) is 0 Å². The highest BCUT2D eigenvalue weighted by atomic mass is 32.1. The molecular weight excluding hydrogens is 356 g/mol. The van der Waals surface area contributed by atoms with Crippen LogP contribution in [0.25, 0.3) is 19.8 Å². The van der Waals surface area contributed by atoms with Crippen molar-refractivity contribution in [3.63, 3.8) is 0 Å². The van der Waals surface area contributed by atoms with E-state index in [0.717, 1.165) is 31.8 Å². The lowest BCUT2D eigenvalue weighted by Crippen LogP contribution is -1.96. The number of rotatable bonds is 7. The van der Waals surface area contributed by atoms with Crippen molar-refractivity contribution in [3.05, 3.63) is 40.5 Å². The van der Waals surface area contributed by atoms with Gasteiger partial charge in [-0.2, -0.15) is 5.26 Å². The van der Waals surface area contributed by atoms with Gasteiger partial charge < -0.3 is 10.2 Å². The molecule has 3 heterocycles. The van der Waals surface area contributed by atoms with Gasteiger partial charge in [-0.15, -0.1) is 22.7 Å². The molecule has 0 saturated carbocycles. The summed E-state index contributed by atoms with van der Waals surface area (Å²) in [6.07, 6.45) is 5.69. The number of hydrogen-bond donors (Lipinski definition) is 2. The molecule has 0 aliphatic rings. The van der Waals surface area contributed by atoms with E-state index in [0.29, 0.717) is 19.3 Å². The Balaban J connectivity index is 2.02. The Kier molecular flexibility index (Phi) is 5.43. The second-order valence-electron chi connectivity index (χ2n) is 5.57. The van der Waals surface area contributed by atoms with Crippen LogP contribution in [0.3, 0.4) is 0 Å². The molecule has 3 aromatic heterocycles. The van der Waals surface area contributed by atoms with E-state index in [4.69, 9.17) is 10.4 Å². The summed E-state index contributed by atoms with van der Waals surface area (Å²) in [5, 5.41) is 28.1. The molecule has 3 aromatic rings. The maximum atomic E-state index is 11.4. The predicted octanol–water partition coefficient (Wildman–Crippen LogP) is 4.10. The van der Waals surface area contributed by atoms with Crippen LogP contribution in [0.15, 0.2) is 24.5 Å². The molecule has 0 radical (unpaired) electrons. The summed E-state index contributed by atoms with van der Waals surface area (Å²) in [5.41, 5.74) is 1.36. The van der Waals surface area contributed by atoms with Crippen molar-refractivity contribution in [3.8, 4) is 15.8 Å². The summed E-state index contributed by atoms with van der Waals surface area (Å²) in [6, 6.07) is 6.23. The van der Waals surface area contributed by atoms with Crippen molar-refractivity contribution in [2.75, 3.05) is 6.61 Å². The highest BCUT2D eigenvalue weighted by Crippen LogP contribution is 2.40. The largest absolute Gasteiger partial charge is 0.478 e. The molecule has 0 fully saturated rings. The summed E-state index contributed by atoms with van der Waals surface area (Å²) >= 11 is 3.10. The number of nitriles is 1. The lowest BCUT2D eigenvalue weighted by atomic mass is 10.1. The smallest absolute Gasteiger partial charge is 0.338 e. The van der Waals surface area contributed by atoms with Crippen LogP contribution in [0.4, 0.5) is 0 Å². The van der Waals surface area contributed by atoms with Crippen LogP contribution in [0.2, 0.25) is 0 Å². The van der Waals surface area contributed by atoms with E-state index in [1.54, 1.807) is 17.5 Å². The molecule has 0 aromatic carbocycles. The Hall–Kier alpha value is -2.27. The molecule has 5 nitrogen and oxygen atoms in total. The predicted molar refractivity (Wildman–Crippen MR) is 99.2 cm³/mol. The first-order valence-corrected chi connectivity index (χ1v) is 9.48. The summed E-state index contributed by atoms with van der Waals surface area (Å²) in [7, 11) is 0. The Morgan fingerprint density at radius 2 is 2.00 bits per heavy atom. The molecule has 0 aliphatic carbocycles. The average molecular weight is 372 g/mol. The number of aliphatic hydroxyl groups is 1. The van der Waals surface area contributed by atoms with Crippen molar-refractivity contribution in [2.24, 2.45) is 0 Å². The van der Waals surface area contributed by atoms with Crippen molar-refractivity contribution < 1.29 is 15.0 Å². The molecule has 0 amide bonds. The lowest BCUT2D eigenvalue weighted by Gasteiger charge is -1.99. The lowest BCUT2D eigenvalue weighted by molar-refractivity contribution is 0.0699. The quantitative estimate of drug-likeness (QED) is 0.651. The maximum Gasteiger partial charge on any atom is 0.338 e. The minimum absolute atomic E-state index is 0.140. The number of thiophene rings is 2. The first-order chi connectivity index (χ1) is 12.1. The molecule has 0 bridgehead atoms. The van der Waals surface area contributed by atoms with Gasteiger partial charge in [0.15, 0.2) is 0 Å². The second kappa shape index (κ2) is 7.74. The number of aryl methyl sites for hydroxylation is 2. The first-order valence-electron chi connectivity index (χ1n) is 7.84. The zero-order valence-corrected chi connectivity index (χ0v) is 15.0. The van der Waals surface area contributed by atoms with Crippen LogP contribution in [-0.4, -0.2) is 27.8 Å². The normalized spacial score (nSPS) is 10.9. The minimum atomic E-state index is -0.976. The van der Waals surface area contributed by atoms with Crippen molar-refractivity contribution in [2.45, 2.75) is 25.7 Å². The Bertz CT molecular complexity index is 953. The van der Waals surface area contributed by atoms with E-state index in [2.05, 4.69) is 17.1 Å². The third kappa shape index (κ3) is 3.71. The SMILES string of the molecule is N#CCCc1cc(-c2cc3cncc(C(=O)O)c3s2)sc1CCCO. The second-order valence-corrected chi connectivity index (χ2v) is 7.75. The molecule has 0 atom stereocenters. The average Bonchev–Trinajstić information content (AvgIpc) is 3.21.